The van der Waals surface area contributed by atoms with Gasteiger partial charge in [-0.05, 0) is 47.2 Å². The fourth-order valence-electron chi connectivity index (χ4n) is 3.49. The van der Waals surface area contributed by atoms with E-state index in [1.807, 2.05) is 35.9 Å². The number of nitrogens with one attached hydrogen (secondary N) is 1. The van der Waals surface area contributed by atoms with Gasteiger partial charge in [0, 0.05) is 24.6 Å². The Morgan fingerprint density at radius 3 is 2.82 bits per heavy atom. The van der Waals surface area contributed by atoms with Crippen molar-refractivity contribution >= 4 is 32.7 Å². The van der Waals surface area contributed by atoms with Gasteiger partial charge >= 0.3 is 0 Å². The van der Waals surface area contributed by atoms with E-state index in [0.717, 1.165) is 28.4 Å². The van der Waals surface area contributed by atoms with Gasteiger partial charge < -0.3 is 14.6 Å². The number of hydrogen-bond donors (Lipinski definition) is 1. The molecule has 2 aromatic rings. The Balaban J connectivity index is 1.62. The third-order valence-electron chi connectivity index (χ3n) is 4.80. The van der Waals surface area contributed by atoms with Crippen LogP contribution in [0.3, 0.4) is 0 Å². The van der Waals surface area contributed by atoms with Crippen molar-refractivity contribution in [2.24, 2.45) is 13.0 Å². The highest BCUT2D eigenvalue weighted by atomic mass is 79.9. The fraction of sp³-hybridized carbons (Fsp3) is 0.471. The Morgan fingerprint density at radius 2 is 2.09 bits per heavy atom. The summed E-state index contributed by atoms with van der Waals surface area (Å²) in [5, 5.41) is 4.26. The molecule has 2 fully saturated rings. The summed E-state index contributed by atoms with van der Waals surface area (Å²) < 4.78 is 8.63. The van der Waals surface area contributed by atoms with Gasteiger partial charge in [0.2, 0.25) is 0 Å². The number of carbonyl (C=O) groups is 1. The highest BCUT2D eigenvalue weighted by Gasteiger charge is 2.41. The molecule has 1 saturated heterocycles. The van der Waals surface area contributed by atoms with E-state index in [-0.39, 0.29) is 18.1 Å². The number of aryl methyl sites for hydroxylation is 1. The molecule has 0 spiro atoms. The van der Waals surface area contributed by atoms with E-state index in [2.05, 4.69) is 21.2 Å². The molecule has 1 aromatic carbocycles. The van der Waals surface area contributed by atoms with Crippen LogP contribution in [0.2, 0.25) is 0 Å². The summed E-state index contributed by atoms with van der Waals surface area (Å²) in [5.41, 5.74) is 1.74. The van der Waals surface area contributed by atoms with Crippen LogP contribution in [0.15, 0.2) is 28.7 Å². The average Bonchev–Trinajstić information content (AvgIpc) is 3.21. The van der Waals surface area contributed by atoms with Crippen molar-refractivity contribution in [1.29, 1.82) is 0 Å². The SMILES string of the molecule is Cn1c(C(=O)N[C@@H]2CCO[C@H]2C2CC2)c(Br)c2ccccc21. The van der Waals surface area contributed by atoms with Crippen LogP contribution >= 0.6 is 15.9 Å². The molecule has 1 N–H and O–H groups in total. The summed E-state index contributed by atoms with van der Waals surface area (Å²) in [6.07, 6.45) is 3.58. The lowest BCUT2D eigenvalue weighted by Gasteiger charge is -2.19. The molecule has 22 heavy (non-hydrogen) atoms. The minimum absolute atomic E-state index is 0.0216. The first-order valence-corrected chi connectivity index (χ1v) is 8.61. The van der Waals surface area contributed by atoms with Crippen LogP contribution in [0.5, 0.6) is 0 Å². The Labute approximate surface area is 137 Å². The Bertz CT molecular complexity index is 697. The predicted molar refractivity (Wildman–Crippen MR) is 89.0 cm³/mol. The number of ether oxygens (including phenoxy) is 1. The molecule has 4 nitrogen and oxygen atoms in total. The van der Waals surface area contributed by atoms with Gasteiger partial charge in [-0.15, -0.1) is 0 Å². The molecule has 116 valence electrons. The van der Waals surface area contributed by atoms with E-state index in [9.17, 15) is 4.79 Å². The second-order valence-corrected chi connectivity index (χ2v) is 7.07. The Kier molecular flexibility index (Phi) is 3.50. The molecule has 1 aliphatic heterocycles. The predicted octanol–water partition coefficient (Wildman–Crippen LogP) is 3.24. The minimum Gasteiger partial charge on any atom is -0.376 e. The maximum Gasteiger partial charge on any atom is 0.269 e. The highest BCUT2D eigenvalue weighted by molar-refractivity contribution is 9.10. The number of fused-ring (bicyclic) bond motifs is 1. The number of nitrogens with zero attached hydrogens (tertiary/aromatic N) is 1. The lowest BCUT2D eigenvalue weighted by Crippen LogP contribution is -2.42. The van der Waals surface area contributed by atoms with Crippen LogP contribution in [-0.2, 0) is 11.8 Å². The maximum absolute atomic E-state index is 12.8. The van der Waals surface area contributed by atoms with E-state index in [4.69, 9.17) is 4.74 Å². The van der Waals surface area contributed by atoms with Crippen LogP contribution in [0, 0.1) is 5.92 Å². The summed E-state index contributed by atoms with van der Waals surface area (Å²) >= 11 is 3.60. The van der Waals surface area contributed by atoms with Crippen LogP contribution < -0.4 is 5.32 Å². The van der Waals surface area contributed by atoms with Gasteiger partial charge in [0.05, 0.1) is 16.6 Å². The standard InChI is InChI=1S/C17H19BrN2O2/c1-20-13-5-3-2-4-11(13)14(18)15(20)17(21)19-12-8-9-22-16(12)10-6-7-10/h2-5,10,12,16H,6-9H2,1H3,(H,19,21)/t12-,16+/m1/s1. The van der Waals surface area contributed by atoms with Gasteiger partial charge in [0.15, 0.2) is 0 Å². The van der Waals surface area contributed by atoms with E-state index < -0.39 is 0 Å². The number of hydrogen-bond acceptors (Lipinski definition) is 2. The third kappa shape index (κ3) is 2.27. The molecule has 2 aliphatic rings. The first-order valence-electron chi connectivity index (χ1n) is 7.82. The molecule has 1 aromatic heterocycles. The number of carbonyl (C=O) groups excluding carboxylic acids is 1. The van der Waals surface area contributed by atoms with Crippen LogP contribution in [-0.4, -0.2) is 29.2 Å². The summed E-state index contributed by atoms with van der Waals surface area (Å²) in [6, 6.07) is 8.18. The number of aromatic nitrogens is 1. The number of amides is 1. The van der Waals surface area contributed by atoms with Crippen molar-refractivity contribution in [3.8, 4) is 0 Å². The molecule has 0 bridgehead atoms. The molecule has 5 heteroatoms. The Hall–Kier alpha value is -1.33. The molecule has 0 unspecified atom stereocenters. The third-order valence-corrected chi connectivity index (χ3v) is 5.60. The zero-order valence-corrected chi connectivity index (χ0v) is 14.1. The van der Waals surface area contributed by atoms with Gasteiger partial charge in [0.25, 0.3) is 5.91 Å². The average molecular weight is 363 g/mol. The molecular weight excluding hydrogens is 344 g/mol. The van der Waals surface area contributed by atoms with Gasteiger partial charge in [-0.2, -0.15) is 0 Å². The molecule has 1 saturated carbocycles. The smallest absolute Gasteiger partial charge is 0.269 e. The van der Waals surface area contributed by atoms with Gasteiger partial charge in [-0.1, -0.05) is 18.2 Å². The number of halogens is 1. The lowest BCUT2D eigenvalue weighted by molar-refractivity contribution is 0.0725. The van der Waals surface area contributed by atoms with Crippen molar-refractivity contribution < 1.29 is 9.53 Å². The number of rotatable bonds is 3. The Morgan fingerprint density at radius 1 is 1.32 bits per heavy atom. The van der Waals surface area contributed by atoms with Gasteiger partial charge in [-0.3, -0.25) is 4.79 Å². The molecule has 4 rings (SSSR count). The lowest BCUT2D eigenvalue weighted by atomic mass is 10.1. The summed E-state index contributed by atoms with van der Waals surface area (Å²) in [4.78, 5) is 12.8. The number of para-hydroxylation sites is 1. The highest BCUT2D eigenvalue weighted by Crippen LogP contribution is 2.39. The molecule has 2 heterocycles. The van der Waals surface area contributed by atoms with Crippen LogP contribution in [0.1, 0.15) is 29.8 Å². The fourth-order valence-corrected chi connectivity index (χ4v) is 4.27. The van der Waals surface area contributed by atoms with Crippen LogP contribution in [0.25, 0.3) is 10.9 Å². The summed E-state index contributed by atoms with van der Waals surface area (Å²) in [5.74, 6) is 0.621. The largest absolute Gasteiger partial charge is 0.376 e. The van der Waals surface area contributed by atoms with Crippen molar-refractivity contribution in [2.45, 2.75) is 31.4 Å². The second kappa shape index (κ2) is 5.39. The van der Waals surface area contributed by atoms with Crippen molar-refractivity contribution in [3.05, 3.63) is 34.4 Å². The zero-order valence-electron chi connectivity index (χ0n) is 12.5. The van der Waals surface area contributed by atoms with E-state index >= 15 is 0 Å². The van der Waals surface area contributed by atoms with Crippen LogP contribution in [0.4, 0.5) is 0 Å². The second-order valence-electron chi connectivity index (χ2n) is 6.28. The maximum atomic E-state index is 12.8. The molecule has 1 amide bonds. The molecular formula is C17H19BrN2O2. The van der Waals surface area contributed by atoms with Crippen molar-refractivity contribution in [2.75, 3.05) is 6.61 Å². The minimum atomic E-state index is -0.0216. The van der Waals surface area contributed by atoms with Gasteiger partial charge in [-0.25, -0.2) is 0 Å². The quantitative estimate of drug-likeness (QED) is 0.910. The molecule has 0 radical (unpaired) electrons. The van der Waals surface area contributed by atoms with Crippen molar-refractivity contribution in [1.82, 2.24) is 9.88 Å². The topological polar surface area (TPSA) is 43.3 Å². The van der Waals surface area contributed by atoms with E-state index in [1.54, 1.807) is 0 Å². The summed E-state index contributed by atoms with van der Waals surface area (Å²) in [6.45, 7) is 0.752. The first-order chi connectivity index (χ1) is 10.7. The molecule has 2 atom stereocenters. The van der Waals surface area contributed by atoms with E-state index in [1.165, 1.54) is 12.8 Å². The first kappa shape index (κ1) is 14.3. The summed E-state index contributed by atoms with van der Waals surface area (Å²) in [7, 11) is 1.94. The zero-order chi connectivity index (χ0) is 15.3. The normalized spacial score (nSPS) is 24.8. The van der Waals surface area contributed by atoms with E-state index in [0.29, 0.717) is 11.6 Å². The monoisotopic (exact) mass is 362 g/mol. The van der Waals surface area contributed by atoms with Gasteiger partial charge in [0.1, 0.15) is 5.69 Å². The van der Waals surface area contributed by atoms with Crippen molar-refractivity contribution in [3.63, 3.8) is 0 Å². The molecule has 1 aliphatic carbocycles. The number of benzene rings is 1.